The van der Waals surface area contributed by atoms with Crippen LogP contribution in [-0.4, -0.2) is 28.9 Å². The summed E-state index contributed by atoms with van der Waals surface area (Å²) >= 11 is 0. The third-order valence-corrected chi connectivity index (χ3v) is 2.38. The third kappa shape index (κ3) is 2.01. The van der Waals surface area contributed by atoms with Crippen molar-refractivity contribution in [2.75, 3.05) is 18.4 Å². The molecule has 1 atom stereocenters. The number of nitrogens with zero attached hydrogens (tertiary/aromatic N) is 2. The molecule has 1 fully saturated rings. The molecule has 0 bridgehead atoms. The fraction of sp³-hybridized carbons (Fsp3) is 0.667. The number of hydrogen-bond donors (Lipinski definition) is 2. The lowest BCUT2D eigenvalue weighted by Gasteiger charge is -2.09. The molecule has 0 spiro atoms. The molecule has 1 saturated heterocycles. The van der Waals surface area contributed by atoms with E-state index in [0.29, 0.717) is 6.04 Å². The SMILES string of the molecule is CCn1ccc(NC2CCNC2)n1. The zero-order chi connectivity index (χ0) is 9.10. The van der Waals surface area contributed by atoms with Gasteiger partial charge in [-0.2, -0.15) is 5.10 Å². The lowest BCUT2D eigenvalue weighted by Crippen LogP contribution is -2.22. The van der Waals surface area contributed by atoms with E-state index in [-0.39, 0.29) is 0 Å². The second-order valence-electron chi connectivity index (χ2n) is 3.39. The zero-order valence-electron chi connectivity index (χ0n) is 7.95. The van der Waals surface area contributed by atoms with Gasteiger partial charge in [0.1, 0.15) is 5.82 Å². The van der Waals surface area contributed by atoms with Crippen molar-refractivity contribution in [3.63, 3.8) is 0 Å². The van der Waals surface area contributed by atoms with E-state index < -0.39 is 0 Å². The summed E-state index contributed by atoms with van der Waals surface area (Å²) in [7, 11) is 0. The molecular formula is C9H16N4. The van der Waals surface area contributed by atoms with Gasteiger partial charge in [-0.15, -0.1) is 0 Å². The highest BCUT2D eigenvalue weighted by atomic mass is 15.3. The normalized spacial score (nSPS) is 22.1. The van der Waals surface area contributed by atoms with Gasteiger partial charge in [-0.05, 0) is 19.9 Å². The summed E-state index contributed by atoms with van der Waals surface area (Å²) in [4.78, 5) is 0. The second-order valence-corrected chi connectivity index (χ2v) is 3.39. The van der Waals surface area contributed by atoms with Crippen LogP contribution in [0.25, 0.3) is 0 Å². The molecule has 4 nitrogen and oxygen atoms in total. The topological polar surface area (TPSA) is 41.9 Å². The first kappa shape index (κ1) is 8.56. The standard InChI is InChI=1S/C9H16N4/c1-2-13-6-4-9(12-13)11-8-3-5-10-7-8/h4,6,8,10H,2-3,5,7H2,1H3,(H,11,12). The van der Waals surface area contributed by atoms with Crippen LogP contribution in [0, 0.1) is 0 Å². The van der Waals surface area contributed by atoms with Crippen LogP contribution in [-0.2, 0) is 6.54 Å². The molecule has 0 amide bonds. The van der Waals surface area contributed by atoms with E-state index in [2.05, 4.69) is 22.7 Å². The Labute approximate surface area is 78.3 Å². The van der Waals surface area contributed by atoms with E-state index >= 15 is 0 Å². The molecule has 1 aliphatic rings. The predicted molar refractivity (Wildman–Crippen MR) is 52.8 cm³/mol. The van der Waals surface area contributed by atoms with Crippen LogP contribution < -0.4 is 10.6 Å². The molecule has 1 aromatic heterocycles. The Morgan fingerprint density at radius 1 is 1.77 bits per heavy atom. The molecule has 0 saturated carbocycles. The molecular weight excluding hydrogens is 164 g/mol. The van der Waals surface area contributed by atoms with Crippen LogP contribution in [0.2, 0.25) is 0 Å². The highest BCUT2D eigenvalue weighted by Gasteiger charge is 2.14. The summed E-state index contributed by atoms with van der Waals surface area (Å²) in [5.41, 5.74) is 0. The van der Waals surface area contributed by atoms with Crippen LogP contribution in [0.3, 0.4) is 0 Å². The average Bonchev–Trinajstić information content (AvgIpc) is 2.76. The molecule has 1 aliphatic heterocycles. The van der Waals surface area contributed by atoms with E-state index in [4.69, 9.17) is 0 Å². The van der Waals surface area contributed by atoms with Crippen molar-refractivity contribution in [1.29, 1.82) is 0 Å². The molecule has 0 aliphatic carbocycles. The Morgan fingerprint density at radius 3 is 3.31 bits per heavy atom. The first-order valence-corrected chi connectivity index (χ1v) is 4.89. The maximum absolute atomic E-state index is 4.37. The van der Waals surface area contributed by atoms with Crippen LogP contribution >= 0.6 is 0 Å². The lowest BCUT2D eigenvalue weighted by atomic mass is 10.3. The van der Waals surface area contributed by atoms with Crippen LogP contribution in [0.4, 0.5) is 5.82 Å². The molecule has 2 N–H and O–H groups in total. The van der Waals surface area contributed by atoms with Crippen molar-refractivity contribution >= 4 is 5.82 Å². The lowest BCUT2D eigenvalue weighted by molar-refractivity contribution is 0.657. The van der Waals surface area contributed by atoms with Gasteiger partial charge in [-0.1, -0.05) is 0 Å². The smallest absolute Gasteiger partial charge is 0.148 e. The minimum absolute atomic E-state index is 0.556. The maximum Gasteiger partial charge on any atom is 0.148 e. The quantitative estimate of drug-likeness (QED) is 0.718. The zero-order valence-corrected chi connectivity index (χ0v) is 7.95. The van der Waals surface area contributed by atoms with Gasteiger partial charge >= 0.3 is 0 Å². The number of aryl methyl sites for hydroxylation is 1. The molecule has 1 aromatic rings. The summed E-state index contributed by atoms with van der Waals surface area (Å²) in [6, 6.07) is 2.59. The molecule has 2 rings (SSSR count). The molecule has 0 radical (unpaired) electrons. The van der Waals surface area contributed by atoms with E-state index in [0.717, 1.165) is 25.5 Å². The molecule has 2 heterocycles. The number of hydrogen-bond acceptors (Lipinski definition) is 3. The van der Waals surface area contributed by atoms with Gasteiger partial charge < -0.3 is 10.6 Å². The van der Waals surface area contributed by atoms with Crippen LogP contribution in [0.5, 0.6) is 0 Å². The van der Waals surface area contributed by atoms with Crippen LogP contribution in [0.1, 0.15) is 13.3 Å². The minimum Gasteiger partial charge on any atom is -0.365 e. The number of aromatic nitrogens is 2. The molecule has 13 heavy (non-hydrogen) atoms. The number of nitrogens with one attached hydrogen (secondary N) is 2. The minimum atomic E-state index is 0.556. The fourth-order valence-electron chi connectivity index (χ4n) is 1.60. The first-order valence-electron chi connectivity index (χ1n) is 4.89. The van der Waals surface area contributed by atoms with Crippen molar-refractivity contribution in [1.82, 2.24) is 15.1 Å². The summed E-state index contributed by atoms with van der Waals surface area (Å²) in [6.45, 7) is 5.20. The summed E-state index contributed by atoms with van der Waals surface area (Å²) in [5, 5.41) is 11.1. The molecule has 4 heteroatoms. The van der Waals surface area contributed by atoms with Gasteiger partial charge in [0.05, 0.1) is 0 Å². The Bertz CT molecular complexity index is 262. The second kappa shape index (κ2) is 3.79. The van der Waals surface area contributed by atoms with Crippen LogP contribution in [0.15, 0.2) is 12.3 Å². The van der Waals surface area contributed by atoms with Gasteiger partial charge in [-0.25, -0.2) is 0 Å². The van der Waals surface area contributed by atoms with Crippen molar-refractivity contribution < 1.29 is 0 Å². The first-order chi connectivity index (χ1) is 6.38. The van der Waals surface area contributed by atoms with Gasteiger partial charge in [0, 0.05) is 31.4 Å². The van der Waals surface area contributed by atoms with E-state index in [9.17, 15) is 0 Å². The highest BCUT2D eigenvalue weighted by Crippen LogP contribution is 2.08. The number of anilines is 1. The molecule has 72 valence electrons. The molecule has 1 unspecified atom stereocenters. The van der Waals surface area contributed by atoms with E-state index in [1.807, 2.05) is 16.9 Å². The fourth-order valence-corrected chi connectivity index (χ4v) is 1.60. The van der Waals surface area contributed by atoms with Gasteiger partial charge in [0.25, 0.3) is 0 Å². The summed E-state index contributed by atoms with van der Waals surface area (Å²) in [6.07, 6.45) is 3.20. The Hall–Kier alpha value is -1.03. The Kier molecular flexibility index (Phi) is 2.49. The number of rotatable bonds is 3. The predicted octanol–water partition coefficient (Wildman–Crippen LogP) is 0.677. The summed E-state index contributed by atoms with van der Waals surface area (Å²) < 4.78 is 1.94. The Morgan fingerprint density at radius 2 is 2.69 bits per heavy atom. The van der Waals surface area contributed by atoms with Crippen molar-refractivity contribution in [2.24, 2.45) is 0 Å². The Balaban J connectivity index is 1.92. The van der Waals surface area contributed by atoms with Crippen molar-refractivity contribution in [3.05, 3.63) is 12.3 Å². The summed E-state index contributed by atoms with van der Waals surface area (Å²) in [5.74, 6) is 0.996. The largest absolute Gasteiger partial charge is 0.365 e. The van der Waals surface area contributed by atoms with Crippen molar-refractivity contribution in [3.8, 4) is 0 Å². The maximum atomic E-state index is 4.37. The third-order valence-electron chi connectivity index (χ3n) is 2.38. The highest BCUT2D eigenvalue weighted by molar-refractivity contribution is 5.34. The van der Waals surface area contributed by atoms with E-state index in [1.54, 1.807) is 0 Å². The van der Waals surface area contributed by atoms with Gasteiger partial charge in [-0.3, -0.25) is 4.68 Å². The molecule has 0 aromatic carbocycles. The van der Waals surface area contributed by atoms with Crippen molar-refractivity contribution in [2.45, 2.75) is 25.9 Å². The van der Waals surface area contributed by atoms with E-state index in [1.165, 1.54) is 6.42 Å². The average molecular weight is 180 g/mol. The van der Waals surface area contributed by atoms with Gasteiger partial charge in [0.2, 0.25) is 0 Å². The monoisotopic (exact) mass is 180 g/mol. The van der Waals surface area contributed by atoms with Gasteiger partial charge in [0.15, 0.2) is 0 Å².